The third-order valence-electron chi connectivity index (χ3n) is 3.92. The fourth-order valence-electron chi connectivity index (χ4n) is 2.39. The molecule has 0 aliphatic heterocycles. The Morgan fingerprint density at radius 2 is 1.85 bits per heavy atom. The van der Waals surface area contributed by atoms with E-state index >= 15 is 0 Å². The van der Waals surface area contributed by atoms with E-state index in [1.165, 1.54) is 24.0 Å². The molecular weight excluding hydrogens is 248 g/mol. The molecule has 0 spiro atoms. The molecule has 0 aliphatic carbocycles. The molecule has 0 fully saturated rings. The number of hydrazine groups is 1. The molecule has 2 N–H and O–H groups in total. The van der Waals surface area contributed by atoms with E-state index in [1.807, 2.05) is 7.05 Å². The van der Waals surface area contributed by atoms with Crippen LogP contribution in [0.1, 0.15) is 56.7 Å². The quantitative estimate of drug-likeness (QED) is 0.679. The number of hydrogen-bond acceptors (Lipinski definition) is 3. The average Bonchev–Trinajstić information content (AvgIpc) is 2.45. The van der Waals surface area contributed by atoms with Crippen LogP contribution >= 0.6 is 0 Å². The zero-order valence-electron chi connectivity index (χ0n) is 13.4. The van der Waals surface area contributed by atoms with Crippen molar-refractivity contribution in [1.82, 2.24) is 10.4 Å². The van der Waals surface area contributed by atoms with Gasteiger partial charge in [0, 0.05) is 19.1 Å². The summed E-state index contributed by atoms with van der Waals surface area (Å²) < 4.78 is 0. The molecule has 0 aromatic heterocycles. The molecule has 1 aromatic carbocycles. The number of hydrogen-bond donors (Lipinski definition) is 2. The lowest BCUT2D eigenvalue weighted by Crippen LogP contribution is -2.46. The predicted molar refractivity (Wildman–Crippen MR) is 85.5 cm³/mol. The highest BCUT2D eigenvalue weighted by molar-refractivity contribution is 5.24. The first kappa shape index (κ1) is 17.2. The van der Waals surface area contributed by atoms with Gasteiger partial charge in [-0.05, 0) is 25.3 Å². The Balaban J connectivity index is 2.75. The van der Waals surface area contributed by atoms with Crippen molar-refractivity contribution in [3.63, 3.8) is 0 Å². The van der Waals surface area contributed by atoms with Crippen LogP contribution in [0, 0.1) is 6.92 Å². The minimum Gasteiger partial charge on any atom is -0.395 e. The van der Waals surface area contributed by atoms with Crippen LogP contribution < -0.4 is 5.43 Å². The fraction of sp³-hybridized carbons (Fsp3) is 0.647. The zero-order chi connectivity index (χ0) is 15.0. The molecule has 0 saturated carbocycles. The Labute approximate surface area is 124 Å². The Bertz CT molecular complexity index is 360. The second-order valence-electron chi connectivity index (χ2n) is 5.59. The first-order chi connectivity index (χ1) is 9.62. The predicted octanol–water partition coefficient (Wildman–Crippen LogP) is 3.43. The van der Waals surface area contributed by atoms with Gasteiger partial charge in [-0.1, -0.05) is 56.5 Å². The summed E-state index contributed by atoms with van der Waals surface area (Å²) >= 11 is 0. The molecule has 0 heterocycles. The molecule has 0 amide bonds. The lowest BCUT2D eigenvalue weighted by atomic mass is 10.0. The summed E-state index contributed by atoms with van der Waals surface area (Å²) in [5.41, 5.74) is 6.18. The van der Waals surface area contributed by atoms with E-state index in [1.54, 1.807) is 0 Å². The van der Waals surface area contributed by atoms with Gasteiger partial charge in [-0.2, -0.15) is 0 Å². The van der Waals surface area contributed by atoms with Crippen molar-refractivity contribution in [3.05, 3.63) is 35.4 Å². The van der Waals surface area contributed by atoms with E-state index in [0.29, 0.717) is 6.04 Å². The minimum absolute atomic E-state index is 0.171. The highest BCUT2D eigenvalue weighted by Gasteiger charge is 2.17. The van der Waals surface area contributed by atoms with E-state index in [4.69, 9.17) is 0 Å². The molecule has 1 aromatic rings. The molecule has 2 atom stereocenters. The van der Waals surface area contributed by atoms with E-state index in [-0.39, 0.29) is 12.6 Å². The van der Waals surface area contributed by atoms with E-state index in [9.17, 15) is 5.11 Å². The number of aliphatic hydroxyl groups excluding tert-OH is 1. The van der Waals surface area contributed by atoms with Gasteiger partial charge in [0.15, 0.2) is 0 Å². The van der Waals surface area contributed by atoms with Crippen LogP contribution in [-0.4, -0.2) is 29.8 Å². The summed E-state index contributed by atoms with van der Waals surface area (Å²) in [5, 5.41) is 11.5. The van der Waals surface area contributed by atoms with Gasteiger partial charge in [-0.3, -0.25) is 0 Å². The number of aliphatic hydroxyl groups is 1. The van der Waals surface area contributed by atoms with E-state index in [2.05, 4.69) is 55.5 Å². The molecular formula is C17H30N2O. The number of rotatable bonds is 9. The van der Waals surface area contributed by atoms with Gasteiger partial charge in [0.1, 0.15) is 0 Å². The summed E-state index contributed by atoms with van der Waals surface area (Å²) in [6.07, 6.45) is 4.46. The number of unbranched alkanes of at least 4 members (excludes halogenated alkanes) is 1. The molecule has 0 saturated heterocycles. The van der Waals surface area contributed by atoms with Crippen molar-refractivity contribution in [1.29, 1.82) is 0 Å². The van der Waals surface area contributed by atoms with Crippen LogP contribution in [-0.2, 0) is 0 Å². The molecule has 3 nitrogen and oxygen atoms in total. The summed E-state index contributed by atoms with van der Waals surface area (Å²) in [4.78, 5) is 0. The smallest absolute Gasteiger partial charge is 0.0600 e. The van der Waals surface area contributed by atoms with Gasteiger partial charge in [-0.15, -0.1) is 0 Å². The van der Waals surface area contributed by atoms with Crippen molar-refractivity contribution in [2.45, 2.75) is 58.5 Å². The van der Waals surface area contributed by atoms with Crippen LogP contribution in [0.5, 0.6) is 0 Å². The van der Waals surface area contributed by atoms with Crippen molar-refractivity contribution in [3.8, 4) is 0 Å². The summed E-state index contributed by atoms with van der Waals surface area (Å²) in [6.45, 7) is 6.63. The zero-order valence-corrected chi connectivity index (χ0v) is 13.4. The minimum atomic E-state index is 0.171. The van der Waals surface area contributed by atoms with Gasteiger partial charge >= 0.3 is 0 Å². The van der Waals surface area contributed by atoms with Gasteiger partial charge in [0.05, 0.1) is 6.61 Å². The Morgan fingerprint density at radius 1 is 1.20 bits per heavy atom. The van der Waals surface area contributed by atoms with Crippen molar-refractivity contribution < 1.29 is 5.11 Å². The number of nitrogens with one attached hydrogen (secondary N) is 1. The molecule has 0 bridgehead atoms. The lowest BCUT2D eigenvalue weighted by molar-refractivity contribution is 0.0802. The van der Waals surface area contributed by atoms with Crippen LogP contribution in [0.4, 0.5) is 0 Å². The van der Waals surface area contributed by atoms with Gasteiger partial charge < -0.3 is 5.11 Å². The number of benzene rings is 1. The Kier molecular flexibility index (Phi) is 7.82. The number of aryl methyl sites for hydroxylation is 1. The maximum atomic E-state index is 9.41. The van der Waals surface area contributed by atoms with Crippen molar-refractivity contribution in [2.24, 2.45) is 0 Å². The average molecular weight is 278 g/mol. The highest BCUT2D eigenvalue weighted by Crippen LogP contribution is 2.21. The van der Waals surface area contributed by atoms with E-state index in [0.717, 1.165) is 12.8 Å². The monoisotopic (exact) mass is 278 g/mol. The van der Waals surface area contributed by atoms with Crippen LogP contribution in [0.15, 0.2) is 24.3 Å². The standard InChI is InChI=1S/C17H30N2O/c1-5-7-8-17(15-11-9-14(3)10-12-15)18-19(4)16(6-2)13-20/h9-12,16-18,20H,5-8,13H2,1-4H3/t16-,17-/m1/s1. The maximum Gasteiger partial charge on any atom is 0.0600 e. The molecule has 0 unspecified atom stereocenters. The summed E-state index contributed by atoms with van der Waals surface area (Å²) in [7, 11) is 2.03. The lowest BCUT2D eigenvalue weighted by Gasteiger charge is -2.31. The first-order valence-electron chi connectivity index (χ1n) is 7.78. The van der Waals surface area contributed by atoms with Gasteiger partial charge in [0.2, 0.25) is 0 Å². The molecule has 114 valence electrons. The SMILES string of the molecule is CCCC[C@@H](NN(C)[C@H](CC)CO)c1ccc(C)cc1. The highest BCUT2D eigenvalue weighted by atomic mass is 16.3. The third-order valence-corrected chi connectivity index (χ3v) is 3.92. The third kappa shape index (κ3) is 5.23. The second kappa shape index (κ2) is 9.11. The Morgan fingerprint density at radius 3 is 2.35 bits per heavy atom. The topological polar surface area (TPSA) is 35.5 Å². The molecule has 0 aliphatic rings. The van der Waals surface area contributed by atoms with Crippen LogP contribution in [0.25, 0.3) is 0 Å². The van der Waals surface area contributed by atoms with Crippen molar-refractivity contribution >= 4 is 0 Å². The molecule has 20 heavy (non-hydrogen) atoms. The summed E-state index contributed by atoms with van der Waals surface area (Å²) in [6, 6.07) is 9.23. The van der Waals surface area contributed by atoms with Gasteiger partial charge in [0.25, 0.3) is 0 Å². The molecule has 1 rings (SSSR count). The van der Waals surface area contributed by atoms with Gasteiger partial charge in [-0.25, -0.2) is 10.4 Å². The maximum absolute atomic E-state index is 9.41. The number of likely N-dealkylation sites (N-methyl/N-ethyl adjacent to an activating group) is 1. The van der Waals surface area contributed by atoms with E-state index < -0.39 is 0 Å². The normalized spacial score (nSPS) is 14.5. The number of nitrogens with zero attached hydrogens (tertiary/aromatic N) is 1. The molecule has 3 heteroatoms. The van der Waals surface area contributed by atoms with Crippen LogP contribution in [0.2, 0.25) is 0 Å². The summed E-state index contributed by atoms with van der Waals surface area (Å²) in [5.74, 6) is 0. The fourth-order valence-corrected chi connectivity index (χ4v) is 2.39. The van der Waals surface area contributed by atoms with Crippen LogP contribution in [0.3, 0.4) is 0 Å². The Hall–Kier alpha value is -0.900. The van der Waals surface area contributed by atoms with Crippen molar-refractivity contribution in [2.75, 3.05) is 13.7 Å². The molecule has 0 radical (unpaired) electrons. The first-order valence-corrected chi connectivity index (χ1v) is 7.78. The largest absolute Gasteiger partial charge is 0.395 e. The second-order valence-corrected chi connectivity index (χ2v) is 5.59.